The Kier molecular flexibility index (Phi) is 4.31. The van der Waals surface area contributed by atoms with Crippen molar-refractivity contribution in [3.63, 3.8) is 0 Å². The lowest BCUT2D eigenvalue weighted by Gasteiger charge is -2.42. The Balaban J connectivity index is 2.16. The van der Waals surface area contributed by atoms with Crippen LogP contribution in [0.3, 0.4) is 0 Å². The molecule has 0 spiro atoms. The molecule has 19 heavy (non-hydrogen) atoms. The minimum atomic E-state index is -0.295. The molecule has 3 nitrogen and oxygen atoms in total. The SMILES string of the molecule is Cc1ccc(C(=O)N2CC(CBr)OC(C)(C)C2)cc1. The topological polar surface area (TPSA) is 29.5 Å². The largest absolute Gasteiger partial charge is 0.368 e. The van der Waals surface area contributed by atoms with Crippen molar-refractivity contribution in [2.45, 2.75) is 32.5 Å². The molecule has 1 aliphatic rings. The lowest BCUT2D eigenvalue weighted by Crippen LogP contribution is -2.55. The summed E-state index contributed by atoms with van der Waals surface area (Å²) >= 11 is 3.44. The molecule has 0 aliphatic carbocycles. The number of carbonyl (C=O) groups excluding carboxylic acids is 1. The molecule has 4 heteroatoms. The van der Waals surface area contributed by atoms with Gasteiger partial charge in [-0.3, -0.25) is 4.79 Å². The fourth-order valence-electron chi connectivity index (χ4n) is 2.41. The Labute approximate surface area is 123 Å². The number of aryl methyl sites for hydroxylation is 1. The highest BCUT2D eigenvalue weighted by Gasteiger charge is 2.35. The van der Waals surface area contributed by atoms with Crippen molar-refractivity contribution in [3.05, 3.63) is 35.4 Å². The molecule has 2 rings (SSSR count). The van der Waals surface area contributed by atoms with Gasteiger partial charge in [-0.1, -0.05) is 33.6 Å². The third kappa shape index (κ3) is 3.57. The van der Waals surface area contributed by atoms with Gasteiger partial charge in [-0.25, -0.2) is 0 Å². The summed E-state index contributed by atoms with van der Waals surface area (Å²) in [5.41, 5.74) is 1.62. The van der Waals surface area contributed by atoms with Crippen LogP contribution < -0.4 is 0 Å². The van der Waals surface area contributed by atoms with Gasteiger partial charge < -0.3 is 9.64 Å². The summed E-state index contributed by atoms with van der Waals surface area (Å²) < 4.78 is 5.92. The molecule has 1 saturated heterocycles. The normalized spacial score (nSPS) is 22.3. The fourth-order valence-corrected chi connectivity index (χ4v) is 2.75. The van der Waals surface area contributed by atoms with Crippen LogP contribution in [0.25, 0.3) is 0 Å². The van der Waals surface area contributed by atoms with Crippen molar-refractivity contribution in [1.82, 2.24) is 4.90 Å². The monoisotopic (exact) mass is 325 g/mol. The van der Waals surface area contributed by atoms with Crippen molar-refractivity contribution in [2.24, 2.45) is 0 Å². The average Bonchev–Trinajstić information content (AvgIpc) is 2.37. The molecule has 104 valence electrons. The van der Waals surface area contributed by atoms with Gasteiger partial charge in [0, 0.05) is 24.0 Å². The predicted octanol–water partition coefficient (Wildman–Crippen LogP) is 3.01. The second-order valence-electron chi connectivity index (χ2n) is 5.71. The molecule has 1 amide bonds. The van der Waals surface area contributed by atoms with E-state index in [1.54, 1.807) is 0 Å². The summed E-state index contributed by atoms with van der Waals surface area (Å²) in [7, 11) is 0. The summed E-state index contributed by atoms with van der Waals surface area (Å²) in [5, 5.41) is 0.744. The molecule has 0 bridgehead atoms. The molecule has 1 heterocycles. The highest BCUT2D eigenvalue weighted by Crippen LogP contribution is 2.23. The number of hydrogen-bond acceptors (Lipinski definition) is 2. The van der Waals surface area contributed by atoms with E-state index in [9.17, 15) is 4.79 Å². The minimum absolute atomic E-state index is 0.0538. The zero-order valence-corrected chi connectivity index (χ0v) is 13.2. The molecule has 1 aromatic carbocycles. The zero-order valence-electron chi connectivity index (χ0n) is 11.6. The minimum Gasteiger partial charge on any atom is -0.368 e. The molecule has 1 aliphatic heterocycles. The van der Waals surface area contributed by atoms with E-state index in [1.807, 2.05) is 49.9 Å². The van der Waals surface area contributed by atoms with Gasteiger partial charge in [0.05, 0.1) is 11.7 Å². The first-order valence-corrected chi connectivity index (χ1v) is 7.63. The smallest absolute Gasteiger partial charge is 0.254 e. The van der Waals surface area contributed by atoms with Gasteiger partial charge in [0.2, 0.25) is 0 Å². The maximum absolute atomic E-state index is 12.5. The Morgan fingerprint density at radius 3 is 2.63 bits per heavy atom. The average molecular weight is 326 g/mol. The van der Waals surface area contributed by atoms with Gasteiger partial charge >= 0.3 is 0 Å². The Hall–Kier alpha value is -0.870. The van der Waals surface area contributed by atoms with Crippen LogP contribution in [0.4, 0.5) is 0 Å². The van der Waals surface area contributed by atoms with Crippen LogP contribution in [-0.2, 0) is 4.74 Å². The maximum Gasteiger partial charge on any atom is 0.254 e. The summed E-state index contributed by atoms with van der Waals surface area (Å²) in [4.78, 5) is 14.4. The van der Waals surface area contributed by atoms with E-state index in [0.29, 0.717) is 13.1 Å². The number of carbonyl (C=O) groups is 1. The molecular weight excluding hydrogens is 306 g/mol. The third-order valence-electron chi connectivity index (χ3n) is 3.24. The van der Waals surface area contributed by atoms with Crippen molar-refractivity contribution >= 4 is 21.8 Å². The van der Waals surface area contributed by atoms with E-state index in [-0.39, 0.29) is 17.6 Å². The fraction of sp³-hybridized carbons (Fsp3) is 0.533. The first kappa shape index (κ1) is 14.5. The quantitative estimate of drug-likeness (QED) is 0.782. The Morgan fingerprint density at radius 1 is 1.42 bits per heavy atom. The number of amides is 1. The van der Waals surface area contributed by atoms with Crippen LogP contribution in [0.5, 0.6) is 0 Å². The molecule has 0 aromatic heterocycles. The number of ether oxygens (including phenoxy) is 1. The summed E-state index contributed by atoms with van der Waals surface area (Å²) in [6.45, 7) is 7.34. The van der Waals surface area contributed by atoms with Gasteiger partial charge in [0.25, 0.3) is 5.91 Å². The van der Waals surface area contributed by atoms with E-state index < -0.39 is 0 Å². The van der Waals surface area contributed by atoms with Crippen LogP contribution >= 0.6 is 15.9 Å². The summed E-state index contributed by atoms with van der Waals surface area (Å²) in [6, 6.07) is 7.73. The van der Waals surface area contributed by atoms with Crippen molar-refractivity contribution in [1.29, 1.82) is 0 Å². The second-order valence-corrected chi connectivity index (χ2v) is 6.35. The maximum atomic E-state index is 12.5. The Bertz CT molecular complexity index is 456. The van der Waals surface area contributed by atoms with Crippen LogP contribution in [0.15, 0.2) is 24.3 Å². The number of benzene rings is 1. The number of hydrogen-bond donors (Lipinski definition) is 0. The first-order valence-electron chi connectivity index (χ1n) is 6.51. The molecule has 1 fully saturated rings. The van der Waals surface area contributed by atoms with E-state index in [2.05, 4.69) is 15.9 Å². The number of halogens is 1. The van der Waals surface area contributed by atoms with Crippen LogP contribution in [-0.4, -0.2) is 40.9 Å². The molecule has 1 unspecified atom stereocenters. The molecular formula is C15H20BrNO2. The third-order valence-corrected chi connectivity index (χ3v) is 3.96. The standard InChI is InChI=1S/C15H20BrNO2/c1-11-4-6-12(7-5-11)14(18)17-9-13(8-16)19-15(2,3)10-17/h4-7,13H,8-10H2,1-3H3. The summed E-state index contributed by atoms with van der Waals surface area (Å²) in [6.07, 6.45) is 0.0538. The zero-order chi connectivity index (χ0) is 14.0. The van der Waals surface area contributed by atoms with E-state index in [0.717, 1.165) is 16.5 Å². The lowest BCUT2D eigenvalue weighted by atomic mass is 10.0. The number of nitrogens with zero attached hydrogens (tertiary/aromatic N) is 1. The predicted molar refractivity (Wildman–Crippen MR) is 79.8 cm³/mol. The molecule has 0 radical (unpaired) electrons. The highest BCUT2D eigenvalue weighted by atomic mass is 79.9. The van der Waals surface area contributed by atoms with E-state index >= 15 is 0 Å². The lowest BCUT2D eigenvalue weighted by molar-refractivity contribution is -0.116. The van der Waals surface area contributed by atoms with Crippen LogP contribution in [0.2, 0.25) is 0 Å². The van der Waals surface area contributed by atoms with Crippen molar-refractivity contribution < 1.29 is 9.53 Å². The van der Waals surface area contributed by atoms with E-state index in [4.69, 9.17) is 4.74 Å². The van der Waals surface area contributed by atoms with Gasteiger partial charge in [0.15, 0.2) is 0 Å². The van der Waals surface area contributed by atoms with Crippen LogP contribution in [0, 0.1) is 6.92 Å². The molecule has 0 N–H and O–H groups in total. The van der Waals surface area contributed by atoms with Gasteiger partial charge in [-0.15, -0.1) is 0 Å². The Morgan fingerprint density at radius 2 is 2.05 bits per heavy atom. The number of alkyl halides is 1. The second kappa shape index (κ2) is 5.63. The highest BCUT2D eigenvalue weighted by molar-refractivity contribution is 9.09. The molecule has 1 aromatic rings. The first-order chi connectivity index (χ1) is 8.91. The molecule has 0 saturated carbocycles. The van der Waals surface area contributed by atoms with E-state index in [1.165, 1.54) is 0 Å². The van der Waals surface area contributed by atoms with Crippen molar-refractivity contribution in [3.8, 4) is 0 Å². The van der Waals surface area contributed by atoms with Gasteiger partial charge in [-0.05, 0) is 32.9 Å². The van der Waals surface area contributed by atoms with Gasteiger partial charge in [-0.2, -0.15) is 0 Å². The summed E-state index contributed by atoms with van der Waals surface area (Å²) in [5.74, 6) is 0.0855. The number of rotatable bonds is 2. The molecule has 1 atom stereocenters. The number of morpholine rings is 1. The van der Waals surface area contributed by atoms with Crippen molar-refractivity contribution in [2.75, 3.05) is 18.4 Å². The van der Waals surface area contributed by atoms with Crippen LogP contribution in [0.1, 0.15) is 29.8 Å². The van der Waals surface area contributed by atoms with Gasteiger partial charge in [0.1, 0.15) is 0 Å².